The number of para-hydroxylation sites is 2. The Bertz CT molecular complexity index is 797. The van der Waals surface area contributed by atoms with Gasteiger partial charge >= 0.3 is 0 Å². The summed E-state index contributed by atoms with van der Waals surface area (Å²) in [5, 5.41) is 18.8. The molecule has 22 heavy (non-hydrogen) atoms. The van der Waals surface area contributed by atoms with Crippen molar-refractivity contribution in [2.75, 3.05) is 4.90 Å². The number of nitrogens with zero attached hydrogens (tertiary/aromatic N) is 2. The molecule has 0 aliphatic carbocycles. The van der Waals surface area contributed by atoms with Gasteiger partial charge in [0, 0.05) is 18.7 Å². The minimum Gasteiger partial charge on any atom is -0.372 e. The number of nitrogens with one attached hydrogen (secondary N) is 2. The quantitative estimate of drug-likeness (QED) is 0.439. The highest BCUT2D eigenvalue weighted by molar-refractivity contribution is 5.77. The molecule has 3 aromatic rings. The number of hydroxylamine groups is 1. The number of benzene rings is 2. The van der Waals surface area contributed by atoms with Crippen LogP contribution >= 0.6 is 0 Å². The number of hydrogen-bond acceptors (Lipinski definition) is 5. The smallest absolute Gasteiger partial charge is 0.204 e. The first-order chi connectivity index (χ1) is 10.8. The molecule has 0 radical (unpaired) electrons. The van der Waals surface area contributed by atoms with Crippen LogP contribution in [0.15, 0.2) is 42.5 Å². The largest absolute Gasteiger partial charge is 0.372 e. The Kier molecular flexibility index (Phi) is 3.07. The number of H-pyrrole nitrogens is 1. The summed E-state index contributed by atoms with van der Waals surface area (Å²) in [6, 6.07) is 13.7. The van der Waals surface area contributed by atoms with Crippen molar-refractivity contribution in [3.8, 4) is 0 Å². The van der Waals surface area contributed by atoms with E-state index in [1.165, 1.54) is 0 Å². The van der Waals surface area contributed by atoms with E-state index in [0.29, 0.717) is 12.1 Å². The first-order valence-corrected chi connectivity index (χ1v) is 7.14. The number of aliphatic hydroxyl groups excluding tert-OH is 1. The van der Waals surface area contributed by atoms with E-state index in [0.717, 1.165) is 34.7 Å². The molecule has 1 unspecified atom stereocenters. The van der Waals surface area contributed by atoms with E-state index in [4.69, 9.17) is 5.21 Å². The van der Waals surface area contributed by atoms with Gasteiger partial charge in [-0.15, -0.1) is 0 Å². The highest BCUT2D eigenvalue weighted by atomic mass is 16.5. The molecule has 1 aliphatic heterocycles. The van der Waals surface area contributed by atoms with Gasteiger partial charge in [0.1, 0.15) is 0 Å². The third kappa shape index (κ3) is 2.05. The maximum Gasteiger partial charge on any atom is 0.204 e. The van der Waals surface area contributed by atoms with E-state index in [2.05, 4.69) is 14.9 Å². The van der Waals surface area contributed by atoms with E-state index in [9.17, 15) is 5.11 Å². The molecule has 4 rings (SSSR count). The Morgan fingerprint density at radius 3 is 2.82 bits per heavy atom. The molecule has 0 saturated heterocycles. The Balaban J connectivity index is 1.69. The number of aliphatic hydroxyl groups is 1. The van der Waals surface area contributed by atoms with Gasteiger partial charge < -0.3 is 20.2 Å². The molecule has 6 heteroatoms. The van der Waals surface area contributed by atoms with Crippen molar-refractivity contribution in [1.82, 2.24) is 15.4 Å². The standard InChI is InChI=1S/C16H16N4O2/c21-15(19-22)11-5-3-4-10-8-20(9-12(10)11)16-17-13-6-1-2-7-14(13)18-16/h1-7,15,19,21-22H,8-9H2,(H,17,18). The van der Waals surface area contributed by atoms with Crippen molar-refractivity contribution in [3.05, 3.63) is 59.2 Å². The molecular formula is C16H16N4O2. The molecule has 6 nitrogen and oxygen atoms in total. The highest BCUT2D eigenvalue weighted by Gasteiger charge is 2.25. The van der Waals surface area contributed by atoms with Gasteiger partial charge in [0.15, 0.2) is 6.23 Å². The molecule has 0 amide bonds. The summed E-state index contributed by atoms with van der Waals surface area (Å²) in [5.74, 6) is 0.815. The number of fused-ring (bicyclic) bond motifs is 2. The SMILES string of the molecule is ONC(O)c1cccc2c1CN(c1nc3ccccc3[nH]1)C2. The van der Waals surface area contributed by atoms with Crippen LogP contribution < -0.4 is 10.4 Å². The minimum atomic E-state index is -1.08. The second-order valence-electron chi connectivity index (χ2n) is 5.45. The van der Waals surface area contributed by atoms with Crippen LogP contribution in [0.2, 0.25) is 0 Å². The van der Waals surface area contributed by atoms with Gasteiger partial charge in [-0.05, 0) is 23.3 Å². The van der Waals surface area contributed by atoms with Crippen molar-refractivity contribution in [3.63, 3.8) is 0 Å². The minimum absolute atomic E-state index is 0.643. The van der Waals surface area contributed by atoms with Crippen LogP contribution in [0.4, 0.5) is 5.95 Å². The van der Waals surface area contributed by atoms with E-state index in [1.807, 2.05) is 47.9 Å². The second-order valence-corrected chi connectivity index (χ2v) is 5.45. The van der Waals surface area contributed by atoms with Crippen LogP contribution in [0.5, 0.6) is 0 Å². The van der Waals surface area contributed by atoms with Gasteiger partial charge in [-0.1, -0.05) is 30.3 Å². The fraction of sp³-hybridized carbons (Fsp3) is 0.188. The normalized spacial score (nSPS) is 15.3. The predicted octanol–water partition coefficient (Wildman–Crippen LogP) is 2.05. The third-order valence-electron chi connectivity index (χ3n) is 4.11. The summed E-state index contributed by atoms with van der Waals surface area (Å²) >= 11 is 0. The van der Waals surface area contributed by atoms with Crippen molar-refractivity contribution >= 4 is 17.0 Å². The van der Waals surface area contributed by atoms with Crippen LogP contribution in [-0.4, -0.2) is 20.3 Å². The Hall–Kier alpha value is -2.41. The molecule has 0 fully saturated rings. The zero-order valence-corrected chi connectivity index (χ0v) is 11.8. The van der Waals surface area contributed by atoms with Crippen LogP contribution in [0, 0.1) is 0 Å². The summed E-state index contributed by atoms with van der Waals surface area (Å²) in [6.45, 7) is 1.37. The van der Waals surface area contributed by atoms with Gasteiger partial charge in [0.2, 0.25) is 5.95 Å². The van der Waals surface area contributed by atoms with Gasteiger partial charge in [0.25, 0.3) is 0 Å². The Morgan fingerprint density at radius 1 is 1.14 bits per heavy atom. The highest BCUT2D eigenvalue weighted by Crippen LogP contribution is 2.31. The van der Waals surface area contributed by atoms with Gasteiger partial charge in [-0.25, -0.2) is 4.98 Å². The molecule has 1 aromatic heterocycles. The van der Waals surface area contributed by atoms with Crippen molar-refractivity contribution < 1.29 is 10.3 Å². The maximum absolute atomic E-state index is 9.86. The Labute approximate surface area is 127 Å². The van der Waals surface area contributed by atoms with E-state index < -0.39 is 6.23 Å². The van der Waals surface area contributed by atoms with Crippen LogP contribution in [-0.2, 0) is 13.1 Å². The van der Waals surface area contributed by atoms with Crippen molar-refractivity contribution in [2.24, 2.45) is 0 Å². The number of aromatic amines is 1. The zero-order valence-electron chi connectivity index (χ0n) is 11.8. The fourth-order valence-corrected chi connectivity index (χ4v) is 3.01. The van der Waals surface area contributed by atoms with Crippen molar-refractivity contribution in [1.29, 1.82) is 0 Å². The van der Waals surface area contributed by atoms with Gasteiger partial charge in [0.05, 0.1) is 11.0 Å². The lowest BCUT2D eigenvalue weighted by molar-refractivity contribution is 0.000234. The average Bonchev–Trinajstić information content (AvgIpc) is 3.16. The molecule has 4 N–H and O–H groups in total. The number of hydrogen-bond donors (Lipinski definition) is 4. The molecule has 0 saturated carbocycles. The second kappa shape index (κ2) is 5.10. The number of imidazole rings is 1. The molecule has 1 aliphatic rings. The summed E-state index contributed by atoms with van der Waals surface area (Å²) in [5.41, 5.74) is 6.69. The summed E-state index contributed by atoms with van der Waals surface area (Å²) in [4.78, 5) is 10.1. The average molecular weight is 296 g/mol. The van der Waals surface area contributed by atoms with Crippen molar-refractivity contribution in [2.45, 2.75) is 19.3 Å². The number of aromatic nitrogens is 2. The molecule has 1 atom stereocenters. The van der Waals surface area contributed by atoms with E-state index >= 15 is 0 Å². The lowest BCUT2D eigenvalue weighted by Gasteiger charge is -2.15. The topological polar surface area (TPSA) is 84.4 Å². The summed E-state index contributed by atoms with van der Waals surface area (Å²) < 4.78 is 0. The predicted molar refractivity (Wildman–Crippen MR) is 82.3 cm³/mol. The lowest BCUT2D eigenvalue weighted by Crippen LogP contribution is -2.19. The van der Waals surface area contributed by atoms with Crippen LogP contribution in [0.25, 0.3) is 11.0 Å². The lowest BCUT2D eigenvalue weighted by atomic mass is 10.0. The monoisotopic (exact) mass is 296 g/mol. The number of rotatable bonds is 3. The van der Waals surface area contributed by atoms with Gasteiger partial charge in [-0.3, -0.25) is 0 Å². The number of anilines is 1. The van der Waals surface area contributed by atoms with E-state index in [-0.39, 0.29) is 0 Å². The summed E-state index contributed by atoms with van der Waals surface area (Å²) in [7, 11) is 0. The maximum atomic E-state index is 9.86. The first kappa shape index (κ1) is 13.3. The first-order valence-electron chi connectivity index (χ1n) is 7.14. The molecule has 2 aromatic carbocycles. The molecule has 112 valence electrons. The molecule has 2 heterocycles. The van der Waals surface area contributed by atoms with E-state index in [1.54, 1.807) is 0 Å². The Morgan fingerprint density at radius 2 is 2.00 bits per heavy atom. The van der Waals surface area contributed by atoms with Crippen LogP contribution in [0.3, 0.4) is 0 Å². The molecule has 0 spiro atoms. The van der Waals surface area contributed by atoms with Crippen LogP contribution in [0.1, 0.15) is 22.9 Å². The third-order valence-corrected chi connectivity index (χ3v) is 4.11. The molecular weight excluding hydrogens is 280 g/mol. The van der Waals surface area contributed by atoms with Gasteiger partial charge in [-0.2, -0.15) is 5.48 Å². The molecule has 0 bridgehead atoms. The summed E-state index contributed by atoms with van der Waals surface area (Å²) in [6.07, 6.45) is -1.08. The zero-order chi connectivity index (χ0) is 15.1. The fourth-order valence-electron chi connectivity index (χ4n) is 3.01.